The fourth-order valence-electron chi connectivity index (χ4n) is 1.60. The molecule has 0 aliphatic carbocycles. The summed E-state index contributed by atoms with van der Waals surface area (Å²) in [4.78, 5) is 11.2. The maximum atomic E-state index is 12.6. The van der Waals surface area contributed by atoms with Gasteiger partial charge in [-0.15, -0.1) is 0 Å². The first-order valence-corrected chi connectivity index (χ1v) is 6.64. The molecular weight excluding hydrogens is 307 g/mol. The van der Waals surface area contributed by atoms with E-state index in [0.717, 1.165) is 0 Å². The number of rotatable bonds is 5. The Hall–Kier alpha value is -1.88. The Balaban J connectivity index is 3.29. The van der Waals surface area contributed by atoms with E-state index in [-0.39, 0.29) is 34.8 Å². The number of benzene rings is 1. The van der Waals surface area contributed by atoms with Crippen LogP contribution >= 0.6 is 11.8 Å². The Kier molecular flexibility index (Phi) is 5.90. The molecule has 4 nitrogen and oxygen atoms in total. The third-order valence-corrected chi connectivity index (χ3v) is 3.27. The van der Waals surface area contributed by atoms with Crippen LogP contribution in [-0.2, 0) is 16.0 Å². The van der Waals surface area contributed by atoms with Gasteiger partial charge < -0.3 is 9.47 Å². The third-order valence-electron chi connectivity index (χ3n) is 2.35. The Morgan fingerprint density at radius 2 is 2.10 bits per heavy atom. The first-order chi connectivity index (χ1) is 9.80. The number of hydrogen-bond donors (Lipinski definition) is 0. The summed E-state index contributed by atoms with van der Waals surface area (Å²) in [5.74, 6) is -0.462. The predicted octanol–water partition coefficient (Wildman–Crippen LogP) is 3.28. The van der Waals surface area contributed by atoms with Crippen LogP contribution in [0.3, 0.4) is 0 Å². The largest absolute Gasteiger partial charge is 0.497 e. The summed E-state index contributed by atoms with van der Waals surface area (Å²) in [5.41, 5.74) is -4.72. The zero-order valence-electron chi connectivity index (χ0n) is 11.3. The zero-order chi connectivity index (χ0) is 16.0. The van der Waals surface area contributed by atoms with Gasteiger partial charge in [-0.25, -0.2) is 0 Å². The van der Waals surface area contributed by atoms with Crippen LogP contribution in [0.2, 0.25) is 0 Å². The van der Waals surface area contributed by atoms with Gasteiger partial charge in [-0.1, -0.05) is 0 Å². The highest BCUT2D eigenvalue weighted by Crippen LogP contribution is 2.41. The fourth-order valence-corrected chi connectivity index (χ4v) is 2.30. The van der Waals surface area contributed by atoms with Crippen LogP contribution in [0.15, 0.2) is 17.0 Å². The lowest BCUT2D eigenvalue weighted by Gasteiger charge is -2.14. The summed E-state index contributed by atoms with van der Waals surface area (Å²) < 4.78 is 47.5. The second-order valence-electron chi connectivity index (χ2n) is 3.80. The number of methoxy groups -OCH3 is 1. The van der Waals surface area contributed by atoms with E-state index in [0.29, 0.717) is 0 Å². The maximum Gasteiger partial charge on any atom is 0.446 e. The second kappa shape index (κ2) is 7.22. The quantitative estimate of drug-likeness (QED) is 0.616. The molecule has 1 aromatic carbocycles. The second-order valence-corrected chi connectivity index (χ2v) is 4.88. The van der Waals surface area contributed by atoms with E-state index in [9.17, 15) is 18.0 Å². The SMILES string of the molecule is CCOC(=O)Cc1cc(OC)cc(C#N)c1SC(F)(F)F. The number of esters is 1. The summed E-state index contributed by atoms with van der Waals surface area (Å²) in [7, 11) is 1.32. The summed E-state index contributed by atoms with van der Waals surface area (Å²) in [5, 5.41) is 8.99. The molecule has 0 N–H and O–H groups in total. The van der Waals surface area contributed by atoms with Crippen LogP contribution in [0, 0.1) is 11.3 Å². The molecule has 0 atom stereocenters. The van der Waals surface area contributed by atoms with Gasteiger partial charge in [0.05, 0.1) is 25.7 Å². The molecule has 0 unspecified atom stereocenters. The van der Waals surface area contributed by atoms with Crippen molar-refractivity contribution in [2.24, 2.45) is 0 Å². The lowest BCUT2D eigenvalue weighted by Crippen LogP contribution is -2.10. The summed E-state index contributed by atoms with van der Waals surface area (Å²) in [6, 6.07) is 4.18. The molecule has 21 heavy (non-hydrogen) atoms. The molecular formula is C13H12F3NO3S. The number of carbonyl (C=O) groups excluding carboxylic acids is 1. The molecule has 0 saturated heterocycles. The van der Waals surface area contributed by atoms with Crippen molar-refractivity contribution in [3.63, 3.8) is 0 Å². The summed E-state index contributed by atoms with van der Waals surface area (Å²) in [6.07, 6.45) is -0.363. The van der Waals surface area contributed by atoms with Gasteiger partial charge in [0.2, 0.25) is 0 Å². The molecule has 0 saturated carbocycles. The van der Waals surface area contributed by atoms with Crippen LogP contribution in [0.25, 0.3) is 0 Å². The van der Waals surface area contributed by atoms with Crippen LogP contribution in [0.5, 0.6) is 5.75 Å². The molecule has 0 aromatic heterocycles. The minimum atomic E-state index is -4.57. The van der Waals surface area contributed by atoms with Crippen LogP contribution in [0.4, 0.5) is 13.2 Å². The number of nitriles is 1. The molecule has 0 radical (unpaired) electrons. The maximum absolute atomic E-state index is 12.6. The molecule has 8 heteroatoms. The van der Waals surface area contributed by atoms with Gasteiger partial charge in [0.25, 0.3) is 0 Å². The van der Waals surface area contributed by atoms with Gasteiger partial charge in [-0.3, -0.25) is 4.79 Å². The van der Waals surface area contributed by atoms with Crippen molar-refractivity contribution in [1.82, 2.24) is 0 Å². The lowest BCUT2D eigenvalue weighted by molar-refractivity contribution is -0.142. The number of halogens is 3. The highest BCUT2D eigenvalue weighted by Gasteiger charge is 2.32. The lowest BCUT2D eigenvalue weighted by atomic mass is 10.1. The number of carbonyl (C=O) groups is 1. The topological polar surface area (TPSA) is 59.3 Å². The van der Waals surface area contributed by atoms with Crippen molar-refractivity contribution < 1.29 is 27.4 Å². The molecule has 0 spiro atoms. The van der Waals surface area contributed by atoms with Gasteiger partial charge in [0.1, 0.15) is 11.8 Å². The normalized spacial score (nSPS) is 10.9. The minimum absolute atomic E-state index is 0.0478. The van der Waals surface area contributed by atoms with Crippen molar-refractivity contribution >= 4 is 17.7 Å². The molecule has 0 bridgehead atoms. The molecule has 0 aliphatic heterocycles. The van der Waals surface area contributed by atoms with Gasteiger partial charge >= 0.3 is 11.5 Å². The first-order valence-electron chi connectivity index (χ1n) is 5.83. The first kappa shape index (κ1) is 17.2. The van der Waals surface area contributed by atoms with E-state index in [1.807, 2.05) is 0 Å². The molecule has 0 fully saturated rings. The van der Waals surface area contributed by atoms with Crippen molar-refractivity contribution in [1.29, 1.82) is 5.26 Å². The van der Waals surface area contributed by atoms with Crippen LogP contribution < -0.4 is 4.74 Å². The molecule has 0 aliphatic rings. The van der Waals surface area contributed by atoms with Crippen LogP contribution in [-0.4, -0.2) is 25.2 Å². The highest BCUT2D eigenvalue weighted by molar-refractivity contribution is 8.00. The van der Waals surface area contributed by atoms with Crippen molar-refractivity contribution in [2.75, 3.05) is 13.7 Å². The Morgan fingerprint density at radius 3 is 2.57 bits per heavy atom. The van der Waals surface area contributed by atoms with Gasteiger partial charge in [-0.2, -0.15) is 18.4 Å². The average molecular weight is 319 g/mol. The number of alkyl halides is 3. The fraction of sp³-hybridized carbons (Fsp3) is 0.385. The molecule has 1 aromatic rings. The smallest absolute Gasteiger partial charge is 0.446 e. The number of hydrogen-bond acceptors (Lipinski definition) is 5. The van der Waals surface area contributed by atoms with E-state index in [1.54, 1.807) is 13.0 Å². The highest BCUT2D eigenvalue weighted by atomic mass is 32.2. The standard InChI is InChI=1S/C13H12F3NO3S/c1-3-20-11(18)6-8-4-10(19-2)5-9(7-17)12(8)21-13(14,15)16/h4-5H,3,6H2,1-2H3. The summed E-state index contributed by atoms with van der Waals surface area (Å²) >= 11 is -0.428. The number of ether oxygens (including phenoxy) is 2. The summed E-state index contributed by atoms with van der Waals surface area (Å²) in [6.45, 7) is 1.71. The predicted molar refractivity (Wildman–Crippen MR) is 70.0 cm³/mol. The molecule has 1 rings (SSSR count). The van der Waals surface area contributed by atoms with E-state index in [2.05, 4.69) is 0 Å². The van der Waals surface area contributed by atoms with E-state index >= 15 is 0 Å². The zero-order valence-corrected chi connectivity index (χ0v) is 12.1. The Morgan fingerprint density at radius 1 is 1.43 bits per heavy atom. The van der Waals surface area contributed by atoms with Crippen molar-refractivity contribution in [3.8, 4) is 11.8 Å². The third kappa shape index (κ3) is 5.19. The van der Waals surface area contributed by atoms with Crippen LogP contribution in [0.1, 0.15) is 18.1 Å². The number of thioether (sulfide) groups is 1. The Bertz CT molecular complexity index is 567. The van der Waals surface area contributed by atoms with E-state index < -0.39 is 23.2 Å². The molecule has 114 valence electrons. The average Bonchev–Trinajstić information content (AvgIpc) is 2.39. The van der Waals surface area contributed by atoms with Crippen molar-refractivity contribution in [2.45, 2.75) is 23.7 Å². The van der Waals surface area contributed by atoms with Gasteiger partial charge in [-0.05, 0) is 36.4 Å². The molecule has 0 heterocycles. The minimum Gasteiger partial charge on any atom is -0.497 e. The van der Waals surface area contributed by atoms with Crippen molar-refractivity contribution in [3.05, 3.63) is 23.3 Å². The van der Waals surface area contributed by atoms with E-state index in [4.69, 9.17) is 14.7 Å². The molecule has 0 amide bonds. The Labute approximate surface area is 123 Å². The van der Waals surface area contributed by atoms with Gasteiger partial charge in [0, 0.05) is 4.90 Å². The van der Waals surface area contributed by atoms with E-state index in [1.165, 1.54) is 19.2 Å². The monoisotopic (exact) mass is 319 g/mol. The van der Waals surface area contributed by atoms with Gasteiger partial charge in [0.15, 0.2) is 0 Å². The number of nitrogens with zero attached hydrogens (tertiary/aromatic N) is 1.